The summed E-state index contributed by atoms with van der Waals surface area (Å²) in [6, 6.07) is 0. The van der Waals surface area contributed by atoms with Crippen molar-refractivity contribution in [3.8, 4) is 0 Å². The van der Waals surface area contributed by atoms with Gasteiger partial charge in [-0.05, 0) is 31.1 Å². The normalized spacial score (nSPS) is 21.1. The third-order valence-corrected chi connectivity index (χ3v) is 4.98. The van der Waals surface area contributed by atoms with E-state index < -0.39 is 0 Å². The largest absolute Gasteiger partial charge is 0.103 e. The van der Waals surface area contributed by atoms with E-state index in [0.717, 1.165) is 11.8 Å². The van der Waals surface area contributed by atoms with Crippen molar-refractivity contribution in [1.29, 1.82) is 0 Å². The molecule has 0 unspecified atom stereocenters. The van der Waals surface area contributed by atoms with Gasteiger partial charge in [-0.1, -0.05) is 90.0 Å². The highest BCUT2D eigenvalue weighted by Crippen LogP contribution is 2.45. The lowest BCUT2D eigenvalue weighted by molar-refractivity contribution is 0.516. The molecule has 0 aromatic rings. The van der Waals surface area contributed by atoms with Crippen LogP contribution in [0.5, 0.6) is 0 Å². The number of allylic oxidation sites excluding steroid dienone is 1. The van der Waals surface area contributed by atoms with Crippen LogP contribution in [-0.2, 0) is 0 Å². The molecule has 1 rings (SSSR count). The van der Waals surface area contributed by atoms with Gasteiger partial charge in [0.2, 0.25) is 0 Å². The highest BCUT2D eigenvalue weighted by atomic mass is 14.4. The highest BCUT2D eigenvalue weighted by Gasteiger charge is 2.34. The third kappa shape index (κ3) is 9.61. The van der Waals surface area contributed by atoms with Gasteiger partial charge in [0.05, 0.1) is 0 Å². The number of hydrogen-bond donors (Lipinski definition) is 0. The van der Waals surface area contributed by atoms with Crippen molar-refractivity contribution in [2.75, 3.05) is 0 Å². The van der Waals surface area contributed by atoms with Gasteiger partial charge in [-0.15, -0.1) is 6.58 Å². The molecule has 2 atom stereocenters. The monoisotopic (exact) mass is 278 g/mol. The highest BCUT2D eigenvalue weighted by molar-refractivity contribution is 4.85. The van der Waals surface area contributed by atoms with Crippen LogP contribution in [0.2, 0.25) is 0 Å². The van der Waals surface area contributed by atoms with E-state index in [0.29, 0.717) is 0 Å². The van der Waals surface area contributed by atoms with Crippen molar-refractivity contribution >= 4 is 0 Å². The minimum absolute atomic E-state index is 1.12. The van der Waals surface area contributed by atoms with Crippen molar-refractivity contribution < 1.29 is 0 Å². The van der Waals surface area contributed by atoms with E-state index >= 15 is 0 Å². The molecule has 0 radical (unpaired) electrons. The lowest BCUT2D eigenvalue weighted by Crippen LogP contribution is -1.87. The van der Waals surface area contributed by atoms with Crippen LogP contribution < -0.4 is 0 Å². The van der Waals surface area contributed by atoms with Gasteiger partial charge in [0.1, 0.15) is 0 Å². The van der Waals surface area contributed by atoms with Gasteiger partial charge in [-0.3, -0.25) is 0 Å². The Kier molecular flexibility index (Phi) is 11.1. The summed E-state index contributed by atoms with van der Waals surface area (Å²) in [5, 5.41) is 0. The maximum Gasteiger partial charge on any atom is -0.0353 e. The Morgan fingerprint density at radius 3 is 1.80 bits per heavy atom. The van der Waals surface area contributed by atoms with Crippen molar-refractivity contribution in [3.63, 3.8) is 0 Å². The van der Waals surface area contributed by atoms with Crippen LogP contribution in [0.15, 0.2) is 12.7 Å². The summed E-state index contributed by atoms with van der Waals surface area (Å²) in [6.45, 7) is 6.08. The van der Waals surface area contributed by atoms with Crippen LogP contribution in [0.3, 0.4) is 0 Å². The van der Waals surface area contributed by atoms with E-state index in [2.05, 4.69) is 19.6 Å². The van der Waals surface area contributed by atoms with Crippen LogP contribution in [-0.4, -0.2) is 0 Å². The first-order valence-electron chi connectivity index (χ1n) is 9.49. The molecule has 0 N–H and O–H groups in total. The predicted molar refractivity (Wildman–Crippen MR) is 92.1 cm³/mol. The Morgan fingerprint density at radius 1 is 0.750 bits per heavy atom. The zero-order valence-electron chi connectivity index (χ0n) is 14.0. The molecule has 0 aliphatic heterocycles. The van der Waals surface area contributed by atoms with E-state index in [1.54, 1.807) is 6.42 Å². The lowest BCUT2D eigenvalue weighted by atomic mass is 10.0. The third-order valence-electron chi connectivity index (χ3n) is 4.98. The Hall–Kier alpha value is -0.260. The maximum atomic E-state index is 3.78. The molecular formula is C20H38. The molecule has 1 saturated carbocycles. The molecule has 118 valence electrons. The van der Waals surface area contributed by atoms with Gasteiger partial charge in [-0.25, -0.2) is 0 Å². The Morgan fingerprint density at radius 2 is 1.25 bits per heavy atom. The first kappa shape index (κ1) is 17.8. The number of rotatable bonds is 15. The summed E-state index contributed by atoms with van der Waals surface area (Å²) >= 11 is 0. The minimum Gasteiger partial charge on any atom is -0.103 e. The molecule has 0 saturated heterocycles. The average molecular weight is 279 g/mol. The van der Waals surface area contributed by atoms with Gasteiger partial charge >= 0.3 is 0 Å². The average Bonchev–Trinajstić information content (AvgIpc) is 3.20. The molecule has 1 fully saturated rings. The molecule has 0 heteroatoms. The Balaban J connectivity index is 1.76. The van der Waals surface area contributed by atoms with Gasteiger partial charge < -0.3 is 0 Å². The molecule has 0 spiro atoms. The van der Waals surface area contributed by atoms with Crippen molar-refractivity contribution in [2.45, 2.75) is 103 Å². The van der Waals surface area contributed by atoms with Crippen molar-refractivity contribution in [2.24, 2.45) is 11.8 Å². The van der Waals surface area contributed by atoms with E-state index in [1.165, 1.54) is 89.9 Å². The predicted octanol–water partition coefficient (Wildman–Crippen LogP) is 7.29. The topological polar surface area (TPSA) is 0 Å². The molecule has 1 aliphatic carbocycles. The SMILES string of the molecule is C=CCCCCCCC[C@@H]1C[C@@H]1CCCCCCCC. The van der Waals surface area contributed by atoms with E-state index in [-0.39, 0.29) is 0 Å². The first-order valence-corrected chi connectivity index (χ1v) is 9.49. The second-order valence-corrected chi connectivity index (χ2v) is 6.95. The fourth-order valence-electron chi connectivity index (χ4n) is 3.43. The zero-order valence-corrected chi connectivity index (χ0v) is 14.0. The smallest absolute Gasteiger partial charge is 0.0353 e. The summed E-state index contributed by atoms with van der Waals surface area (Å²) in [5.74, 6) is 2.25. The molecule has 0 nitrogen and oxygen atoms in total. The standard InChI is InChI=1S/C20H38/c1-3-5-7-9-11-13-15-17-20-18-19(20)16-14-12-10-8-6-4-2/h3,19-20H,1,4-18H2,2H3/t19-,20+/m0/s1. The molecule has 0 amide bonds. The van der Waals surface area contributed by atoms with Crippen LogP contribution >= 0.6 is 0 Å². The molecule has 1 aliphatic rings. The molecular weight excluding hydrogens is 240 g/mol. The van der Waals surface area contributed by atoms with Gasteiger partial charge in [-0.2, -0.15) is 0 Å². The molecule has 0 heterocycles. The van der Waals surface area contributed by atoms with Crippen LogP contribution in [0.25, 0.3) is 0 Å². The van der Waals surface area contributed by atoms with Gasteiger partial charge in [0.25, 0.3) is 0 Å². The van der Waals surface area contributed by atoms with Crippen molar-refractivity contribution in [3.05, 3.63) is 12.7 Å². The lowest BCUT2D eigenvalue weighted by Gasteiger charge is -2.02. The zero-order chi connectivity index (χ0) is 14.5. The van der Waals surface area contributed by atoms with Gasteiger partial charge in [0, 0.05) is 0 Å². The Bertz CT molecular complexity index is 218. The summed E-state index contributed by atoms with van der Waals surface area (Å²) < 4.78 is 0. The second kappa shape index (κ2) is 12.5. The maximum absolute atomic E-state index is 3.78. The number of unbranched alkanes of at least 4 members (excludes halogenated alkanes) is 10. The van der Waals surface area contributed by atoms with Crippen molar-refractivity contribution in [1.82, 2.24) is 0 Å². The molecule has 20 heavy (non-hydrogen) atoms. The molecule has 0 bridgehead atoms. The summed E-state index contributed by atoms with van der Waals surface area (Å²) in [6.07, 6.45) is 23.8. The Labute approximate surface area is 128 Å². The summed E-state index contributed by atoms with van der Waals surface area (Å²) in [5.41, 5.74) is 0. The van der Waals surface area contributed by atoms with Crippen LogP contribution in [0.1, 0.15) is 103 Å². The second-order valence-electron chi connectivity index (χ2n) is 6.95. The van der Waals surface area contributed by atoms with E-state index in [1.807, 2.05) is 0 Å². The minimum atomic E-state index is 1.12. The quantitative estimate of drug-likeness (QED) is 0.218. The van der Waals surface area contributed by atoms with Crippen LogP contribution in [0, 0.1) is 11.8 Å². The van der Waals surface area contributed by atoms with Crippen LogP contribution in [0.4, 0.5) is 0 Å². The fourth-order valence-corrected chi connectivity index (χ4v) is 3.43. The summed E-state index contributed by atoms with van der Waals surface area (Å²) in [7, 11) is 0. The number of hydrogen-bond acceptors (Lipinski definition) is 0. The van der Waals surface area contributed by atoms with Gasteiger partial charge in [0.15, 0.2) is 0 Å². The fraction of sp³-hybridized carbons (Fsp3) is 0.900. The first-order chi connectivity index (χ1) is 9.88. The van der Waals surface area contributed by atoms with E-state index in [4.69, 9.17) is 0 Å². The molecule has 0 aromatic carbocycles. The molecule has 0 aromatic heterocycles. The summed E-state index contributed by atoms with van der Waals surface area (Å²) in [4.78, 5) is 0. The van der Waals surface area contributed by atoms with E-state index in [9.17, 15) is 0 Å².